The molecule has 0 aliphatic heterocycles. The number of rotatable bonds is 9. The van der Waals surface area contributed by atoms with Gasteiger partial charge in [-0.25, -0.2) is 0 Å². The molecule has 0 bridgehead atoms. The minimum absolute atomic E-state index is 0. The molecule has 1 aliphatic carbocycles. The second-order valence-corrected chi connectivity index (χ2v) is 13.5. The average molecular weight is 795 g/mol. The maximum absolute atomic E-state index is 11.7. The van der Waals surface area contributed by atoms with E-state index in [9.17, 15) is 9.90 Å². The molecule has 2 aromatic heterocycles. The van der Waals surface area contributed by atoms with Crippen LogP contribution in [0.15, 0.2) is 70.8 Å². The number of carbonyl (C=O) groups is 1. The van der Waals surface area contributed by atoms with Gasteiger partial charge in [0.05, 0.1) is 16.9 Å². The molecule has 46 heavy (non-hydrogen) atoms. The van der Waals surface area contributed by atoms with Gasteiger partial charge in [-0.1, -0.05) is 109 Å². The van der Waals surface area contributed by atoms with E-state index in [0.29, 0.717) is 5.92 Å². The summed E-state index contributed by atoms with van der Waals surface area (Å²) in [6, 6.07) is 22.8. The molecule has 245 valence electrons. The number of hydrogen-bond donors (Lipinski definition) is 1. The molecule has 2 heterocycles. The van der Waals surface area contributed by atoms with Gasteiger partial charge in [-0.05, 0) is 71.7 Å². The molecule has 0 saturated heterocycles. The van der Waals surface area contributed by atoms with Gasteiger partial charge in [0.25, 0.3) is 0 Å². The summed E-state index contributed by atoms with van der Waals surface area (Å²) in [6.07, 6.45) is 5.91. The van der Waals surface area contributed by atoms with Crippen LogP contribution in [-0.4, -0.2) is 15.9 Å². The fourth-order valence-corrected chi connectivity index (χ4v) is 6.93. The van der Waals surface area contributed by atoms with Gasteiger partial charge in [-0.15, -0.1) is 17.7 Å². The van der Waals surface area contributed by atoms with E-state index >= 15 is 0 Å². The molecule has 3 aromatic carbocycles. The number of ketones is 1. The topological polar surface area (TPSA) is 63.3 Å². The number of fused-ring (bicyclic) bond motifs is 3. The summed E-state index contributed by atoms with van der Waals surface area (Å²) in [6.45, 7) is 17.2. The van der Waals surface area contributed by atoms with Crippen LogP contribution in [0.3, 0.4) is 0 Å². The van der Waals surface area contributed by atoms with Gasteiger partial charge < -0.3 is 9.52 Å². The Morgan fingerprint density at radius 1 is 0.935 bits per heavy atom. The van der Waals surface area contributed by atoms with Crippen molar-refractivity contribution in [3.8, 4) is 11.3 Å². The molecule has 0 amide bonds. The Morgan fingerprint density at radius 2 is 1.61 bits per heavy atom. The van der Waals surface area contributed by atoms with Crippen molar-refractivity contribution in [2.75, 3.05) is 0 Å². The maximum Gasteiger partial charge on any atom is 0.162 e. The first kappa shape index (κ1) is 35.6. The van der Waals surface area contributed by atoms with Crippen molar-refractivity contribution in [2.45, 2.75) is 92.9 Å². The van der Waals surface area contributed by atoms with Crippen molar-refractivity contribution < 1.29 is 34.4 Å². The molecule has 0 saturated carbocycles. The fraction of sp³-hybridized carbons (Fsp3) is 0.415. The first-order chi connectivity index (χ1) is 21.5. The van der Waals surface area contributed by atoms with Crippen LogP contribution in [0.1, 0.15) is 97.8 Å². The fourth-order valence-electron chi connectivity index (χ4n) is 6.93. The Balaban J connectivity index is 0.000000259. The Morgan fingerprint density at radius 3 is 2.26 bits per heavy atom. The Bertz CT molecular complexity index is 1870. The van der Waals surface area contributed by atoms with E-state index in [2.05, 4.69) is 76.2 Å². The molecule has 5 aromatic rings. The monoisotopic (exact) mass is 795 g/mol. The Kier molecular flexibility index (Phi) is 11.3. The normalized spacial score (nSPS) is 13.7. The first-order valence-electron chi connectivity index (χ1n) is 16.8. The summed E-state index contributed by atoms with van der Waals surface area (Å²) < 4.78 is 6.49. The quantitative estimate of drug-likeness (QED) is 0.0917. The molecule has 0 spiro atoms. The zero-order valence-electron chi connectivity index (χ0n) is 28.6. The number of pyridine rings is 1. The number of aliphatic hydroxyl groups is 1. The van der Waals surface area contributed by atoms with E-state index in [0.717, 1.165) is 65.4 Å². The van der Waals surface area contributed by atoms with Gasteiger partial charge in [0.2, 0.25) is 0 Å². The van der Waals surface area contributed by atoms with Crippen molar-refractivity contribution in [3.63, 3.8) is 0 Å². The van der Waals surface area contributed by atoms with Crippen LogP contribution in [0.5, 0.6) is 0 Å². The van der Waals surface area contributed by atoms with Crippen molar-refractivity contribution >= 4 is 38.6 Å². The molecule has 4 nitrogen and oxygen atoms in total. The van der Waals surface area contributed by atoms with E-state index in [1.807, 2.05) is 39.8 Å². The second kappa shape index (κ2) is 14.7. The summed E-state index contributed by atoms with van der Waals surface area (Å²) >= 11 is 0. The third-order valence-electron chi connectivity index (χ3n) is 9.68. The van der Waals surface area contributed by atoms with Crippen LogP contribution in [0.4, 0.5) is 0 Å². The van der Waals surface area contributed by atoms with Crippen LogP contribution in [0.25, 0.3) is 44.1 Å². The van der Waals surface area contributed by atoms with Crippen molar-refractivity contribution in [1.29, 1.82) is 0 Å². The number of aliphatic hydroxyl groups excluding tert-OH is 1. The van der Waals surface area contributed by atoms with Gasteiger partial charge in [-0.2, -0.15) is 0 Å². The SMILES string of the molecule is CC(C)Cc1ccc2c3c1oc1cc[c-]c(c13)-c1nc3ccccc3cc1C2(C)C.CCC(CC)C(=O)/C=C(\O)C(CC)CC.[Ir]. The number of carbonyl (C=O) groups excluding carboxylic acids is 1. The third kappa shape index (κ3) is 6.60. The average Bonchev–Trinajstić information content (AvgIpc) is 3.39. The molecule has 1 radical (unpaired) electrons. The zero-order valence-corrected chi connectivity index (χ0v) is 31.0. The second-order valence-electron chi connectivity index (χ2n) is 13.5. The van der Waals surface area contributed by atoms with Crippen molar-refractivity contribution in [1.82, 2.24) is 4.98 Å². The molecular weight excluding hydrogens is 747 g/mol. The summed E-state index contributed by atoms with van der Waals surface area (Å²) in [4.78, 5) is 16.9. The van der Waals surface area contributed by atoms with E-state index in [1.54, 1.807) is 0 Å². The van der Waals surface area contributed by atoms with E-state index < -0.39 is 0 Å². The summed E-state index contributed by atoms with van der Waals surface area (Å²) in [5, 5.41) is 13.3. The molecule has 1 N–H and O–H groups in total. The third-order valence-corrected chi connectivity index (χ3v) is 9.68. The van der Waals surface area contributed by atoms with Crippen LogP contribution in [-0.2, 0) is 36.7 Å². The molecule has 5 heteroatoms. The Labute approximate surface area is 288 Å². The number of benzene rings is 3. The van der Waals surface area contributed by atoms with E-state index in [4.69, 9.17) is 9.40 Å². The molecule has 1 aliphatic rings. The van der Waals surface area contributed by atoms with E-state index in [-0.39, 0.29) is 48.9 Å². The van der Waals surface area contributed by atoms with Crippen LogP contribution in [0, 0.1) is 23.8 Å². The van der Waals surface area contributed by atoms with Crippen LogP contribution in [0.2, 0.25) is 0 Å². The summed E-state index contributed by atoms with van der Waals surface area (Å²) in [5.41, 5.74) is 8.69. The predicted octanol–water partition coefficient (Wildman–Crippen LogP) is 11.3. The van der Waals surface area contributed by atoms with E-state index in [1.165, 1.54) is 33.5 Å². The minimum atomic E-state index is -0.204. The number of para-hydroxylation sites is 1. The largest absolute Gasteiger partial charge is 0.512 e. The smallest absolute Gasteiger partial charge is 0.162 e. The first-order valence-corrected chi connectivity index (χ1v) is 16.8. The number of furan rings is 1. The number of nitrogens with zero attached hydrogens (tertiary/aromatic N) is 1. The predicted molar refractivity (Wildman–Crippen MR) is 188 cm³/mol. The molecule has 6 rings (SSSR count). The van der Waals surface area contributed by atoms with Gasteiger partial charge in [-0.3, -0.25) is 9.78 Å². The minimum Gasteiger partial charge on any atom is -0.512 e. The molecule has 0 atom stereocenters. The maximum atomic E-state index is 11.7. The standard InChI is InChI=1S/C28H24NO.C13H24O2.Ir/c1-16(2)14-18-12-13-20-25-24-19(9-7-11-23(24)30-27(18)25)26-21(28(20,3)4)15-17-8-5-6-10-22(17)29-26;1-5-10(6-2)12(14)9-13(15)11(7-3)8-4;/h5-8,10-13,15-16H,14H2,1-4H3;9-11,14H,5-8H2,1-4H3;/q-1;;/b;12-9-;. The zero-order chi connectivity index (χ0) is 32.5. The van der Waals surface area contributed by atoms with Gasteiger partial charge in [0, 0.05) is 43.4 Å². The Hall–Kier alpha value is -3.27. The van der Waals surface area contributed by atoms with Gasteiger partial charge >= 0.3 is 0 Å². The number of aromatic nitrogens is 1. The van der Waals surface area contributed by atoms with Gasteiger partial charge in [0.15, 0.2) is 5.78 Å². The number of allylic oxidation sites excluding steroid dienone is 2. The summed E-state index contributed by atoms with van der Waals surface area (Å²) in [7, 11) is 0. The molecule has 0 fully saturated rings. The summed E-state index contributed by atoms with van der Waals surface area (Å²) in [5.74, 6) is 1.12. The van der Waals surface area contributed by atoms with Crippen molar-refractivity contribution in [3.05, 3.63) is 89.2 Å². The van der Waals surface area contributed by atoms with Crippen LogP contribution < -0.4 is 0 Å². The van der Waals surface area contributed by atoms with Crippen molar-refractivity contribution in [2.24, 2.45) is 17.8 Å². The molecule has 0 unspecified atom stereocenters. The van der Waals surface area contributed by atoms with Gasteiger partial charge in [0.1, 0.15) is 5.58 Å². The van der Waals surface area contributed by atoms with Crippen LogP contribution >= 0.6 is 0 Å². The molecular formula is C41H48IrNO3-. The number of hydrogen-bond acceptors (Lipinski definition) is 4.